The maximum Gasteiger partial charge on any atom is 0.438 e. The number of sulfone groups is 1. The molecule has 1 saturated heterocycles. The van der Waals surface area contributed by atoms with Crippen LogP contribution in [0.25, 0.3) is 28.1 Å². The van der Waals surface area contributed by atoms with Gasteiger partial charge in [0.1, 0.15) is 22.9 Å². The van der Waals surface area contributed by atoms with Crippen molar-refractivity contribution in [3.63, 3.8) is 0 Å². The predicted molar refractivity (Wildman–Crippen MR) is 234 cm³/mol. The molecule has 7 heterocycles. The van der Waals surface area contributed by atoms with Crippen molar-refractivity contribution in [3.8, 4) is 17.2 Å². The number of fused-ring (bicyclic) bond motifs is 3. The third kappa shape index (κ3) is 6.08. The lowest BCUT2D eigenvalue weighted by atomic mass is 9.91. The fourth-order valence-corrected chi connectivity index (χ4v) is 11.8. The lowest BCUT2D eigenvalue weighted by molar-refractivity contribution is 0.0663. The van der Waals surface area contributed by atoms with Crippen LogP contribution in [0.4, 0.5) is 10.1 Å². The Balaban J connectivity index is 1.05. The van der Waals surface area contributed by atoms with E-state index in [2.05, 4.69) is 40.6 Å². The Morgan fingerprint density at radius 1 is 0.953 bits per heavy atom. The van der Waals surface area contributed by atoms with E-state index >= 15 is 9.18 Å². The molecule has 330 valence electrons. The highest BCUT2D eigenvalue weighted by molar-refractivity contribution is 7.91. The van der Waals surface area contributed by atoms with Gasteiger partial charge in [-0.3, -0.25) is 23.4 Å². The van der Waals surface area contributed by atoms with Gasteiger partial charge in [-0.1, -0.05) is 18.1 Å². The van der Waals surface area contributed by atoms with Gasteiger partial charge in [-0.15, -0.1) is 0 Å². The standard InChI is InChI=1S/C46H46FN9O7S/c1-25-19-33(20-26(2)40(25)47)56-41(54-15-14-53(45(54)59)32-6-8-38-35(23-32)48-12-18-64(38,60)61)39-28(4)52(13-9-34(39)50-56)42(57)37-22-31-21-30(29-10-16-62-17-11-29)5-7-36(31)55(37)46(24-27(46)3)43-49-44(58)63-51-43/h5-8,14-15,19-23,27-29,48H,9-13,16-18,24H2,1-4H3,(H,49,51,58)/t27-,28-,46-/m0/s1. The third-order valence-electron chi connectivity index (χ3n) is 13.9. The molecule has 7 aromatic rings. The number of imidazole rings is 1. The van der Waals surface area contributed by atoms with Crippen LogP contribution in [-0.2, 0) is 26.5 Å². The molecular weight excluding hydrogens is 842 g/mol. The van der Waals surface area contributed by atoms with Gasteiger partial charge in [-0.25, -0.2) is 27.1 Å². The quantitative estimate of drug-likeness (QED) is 0.197. The fraction of sp³-hybridized carbons (Fsp3) is 0.370. The molecule has 1 saturated carbocycles. The van der Waals surface area contributed by atoms with Gasteiger partial charge < -0.3 is 19.5 Å². The van der Waals surface area contributed by atoms with E-state index in [4.69, 9.17) is 14.4 Å². The summed E-state index contributed by atoms with van der Waals surface area (Å²) < 4.78 is 58.0. The van der Waals surface area contributed by atoms with Gasteiger partial charge in [0.2, 0.25) is 0 Å². The fourth-order valence-electron chi connectivity index (χ4n) is 10.5. The molecule has 3 atom stereocenters. The Hall–Kier alpha value is -6.53. The predicted octanol–water partition coefficient (Wildman–Crippen LogP) is 5.84. The molecule has 0 unspecified atom stereocenters. The van der Waals surface area contributed by atoms with Crippen LogP contribution in [-0.4, -0.2) is 84.9 Å². The number of aryl methyl sites for hydroxylation is 2. The van der Waals surface area contributed by atoms with E-state index in [1.165, 1.54) is 20.8 Å². The monoisotopic (exact) mass is 887 g/mol. The molecule has 3 aromatic carbocycles. The number of H-pyrrole nitrogens is 1. The molecule has 4 aromatic heterocycles. The Bertz CT molecular complexity index is 3290. The molecule has 3 aliphatic heterocycles. The van der Waals surface area contributed by atoms with E-state index in [9.17, 15) is 18.0 Å². The van der Waals surface area contributed by atoms with Crippen molar-refractivity contribution in [2.45, 2.75) is 75.8 Å². The van der Waals surface area contributed by atoms with Gasteiger partial charge in [0.15, 0.2) is 15.7 Å². The summed E-state index contributed by atoms with van der Waals surface area (Å²) in [4.78, 5) is 47.3. The topological polar surface area (TPSA) is 184 Å². The number of nitrogens with zero attached hydrogens (tertiary/aromatic N) is 7. The van der Waals surface area contributed by atoms with E-state index in [-0.39, 0.29) is 34.8 Å². The number of halogens is 1. The summed E-state index contributed by atoms with van der Waals surface area (Å²) in [7, 11) is -3.47. The summed E-state index contributed by atoms with van der Waals surface area (Å²) in [5.41, 5.74) is 4.69. The van der Waals surface area contributed by atoms with Gasteiger partial charge in [-0.05, 0) is 117 Å². The summed E-state index contributed by atoms with van der Waals surface area (Å²) >= 11 is 0. The number of aromatic amines is 1. The third-order valence-corrected chi connectivity index (χ3v) is 15.7. The average molecular weight is 888 g/mol. The van der Waals surface area contributed by atoms with Gasteiger partial charge >= 0.3 is 11.4 Å². The SMILES string of the molecule is Cc1cc(-n2nc3c(c2-n2ccn(-c4ccc5c(c4)NCCS5(=O)=O)c2=O)[C@H](C)N(C(=O)c2cc4cc(C5CCOCC5)ccc4n2[C@@]2(c4noc(=O)[nH]4)C[C@@H]2C)CC3)cc(C)c1F. The Kier molecular flexibility index (Phi) is 9.12. The van der Waals surface area contributed by atoms with Crippen molar-refractivity contribution in [3.05, 3.63) is 133 Å². The Labute approximate surface area is 366 Å². The number of carbonyl (C=O) groups is 1. The Morgan fingerprint density at radius 3 is 2.42 bits per heavy atom. The second-order valence-corrected chi connectivity index (χ2v) is 19.8. The van der Waals surface area contributed by atoms with Crippen LogP contribution in [0.15, 0.2) is 86.0 Å². The minimum Gasteiger partial charge on any atom is -0.383 e. The maximum absolute atomic E-state index is 15.5. The van der Waals surface area contributed by atoms with Crippen molar-refractivity contribution >= 4 is 32.3 Å². The molecule has 4 aliphatic rings. The number of amides is 1. The second kappa shape index (κ2) is 14.5. The van der Waals surface area contributed by atoms with Crippen LogP contribution in [0.2, 0.25) is 0 Å². The lowest BCUT2D eigenvalue weighted by Crippen LogP contribution is -2.41. The average Bonchev–Trinajstić information content (AvgIpc) is 3.78. The number of anilines is 1. The molecule has 2 fully saturated rings. The normalized spacial score (nSPS) is 21.7. The van der Waals surface area contributed by atoms with Crippen molar-refractivity contribution in [1.29, 1.82) is 0 Å². The van der Waals surface area contributed by atoms with Gasteiger partial charge in [0.05, 0.1) is 39.4 Å². The smallest absolute Gasteiger partial charge is 0.383 e. The first-order valence-electron chi connectivity index (χ1n) is 21.7. The molecule has 18 heteroatoms. The highest BCUT2D eigenvalue weighted by atomic mass is 32.2. The van der Waals surface area contributed by atoms with Crippen LogP contribution in [0.1, 0.15) is 89.3 Å². The minimum atomic E-state index is -3.47. The second-order valence-electron chi connectivity index (χ2n) is 17.7. The summed E-state index contributed by atoms with van der Waals surface area (Å²) in [5.74, 6) is -0.208. The van der Waals surface area contributed by atoms with Crippen molar-refractivity contribution in [2.75, 3.05) is 37.4 Å². The van der Waals surface area contributed by atoms with E-state index in [1.54, 1.807) is 60.1 Å². The number of rotatable bonds is 7. The number of hydrogen-bond donors (Lipinski definition) is 2. The van der Waals surface area contributed by atoms with E-state index in [0.29, 0.717) is 95.3 Å². The molecule has 16 nitrogen and oxygen atoms in total. The molecule has 1 amide bonds. The molecule has 0 spiro atoms. The largest absolute Gasteiger partial charge is 0.438 e. The first-order valence-corrected chi connectivity index (χ1v) is 23.3. The number of hydrogen-bond acceptors (Lipinski definition) is 10. The number of carbonyl (C=O) groups excluding carboxylic acids is 1. The zero-order valence-corrected chi connectivity index (χ0v) is 36.5. The lowest BCUT2D eigenvalue weighted by Gasteiger charge is -2.34. The number of ether oxygens (including phenoxy) is 1. The van der Waals surface area contributed by atoms with Crippen molar-refractivity contribution < 1.29 is 26.9 Å². The summed E-state index contributed by atoms with van der Waals surface area (Å²) in [5, 5.41) is 13.3. The van der Waals surface area contributed by atoms with Crippen LogP contribution in [0.3, 0.4) is 0 Å². The first kappa shape index (κ1) is 40.3. The zero-order valence-electron chi connectivity index (χ0n) is 35.7. The summed E-state index contributed by atoms with van der Waals surface area (Å²) in [6.45, 7) is 9.28. The molecule has 11 rings (SSSR count). The highest BCUT2D eigenvalue weighted by Gasteiger charge is 2.59. The van der Waals surface area contributed by atoms with Crippen LogP contribution >= 0.6 is 0 Å². The number of benzene rings is 3. The van der Waals surface area contributed by atoms with Crippen LogP contribution in [0.5, 0.6) is 0 Å². The molecule has 2 N–H and O–H groups in total. The molecular formula is C46H46FN9O7S. The first-order chi connectivity index (χ1) is 30.7. The van der Waals surface area contributed by atoms with E-state index < -0.39 is 32.9 Å². The van der Waals surface area contributed by atoms with Gasteiger partial charge in [-0.2, -0.15) is 5.10 Å². The van der Waals surface area contributed by atoms with Gasteiger partial charge in [0.25, 0.3) is 5.91 Å². The van der Waals surface area contributed by atoms with E-state index in [1.807, 2.05) is 17.6 Å². The van der Waals surface area contributed by atoms with Crippen LogP contribution < -0.4 is 16.8 Å². The molecule has 0 bridgehead atoms. The maximum atomic E-state index is 15.5. The number of aromatic nitrogens is 7. The minimum absolute atomic E-state index is 0.00891. The highest BCUT2D eigenvalue weighted by Crippen LogP contribution is 2.56. The van der Waals surface area contributed by atoms with Crippen molar-refractivity contribution in [2.24, 2.45) is 5.92 Å². The molecule has 1 aliphatic carbocycles. The van der Waals surface area contributed by atoms with Gasteiger partial charge in [0, 0.05) is 61.6 Å². The number of nitrogens with one attached hydrogen (secondary N) is 2. The zero-order chi connectivity index (χ0) is 44.4. The van der Waals surface area contributed by atoms with Crippen LogP contribution in [0, 0.1) is 25.6 Å². The van der Waals surface area contributed by atoms with Crippen molar-refractivity contribution in [1.82, 2.24) is 38.5 Å². The molecule has 64 heavy (non-hydrogen) atoms. The summed E-state index contributed by atoms with van der Waals surface area (Å²) in [6.07, 6.45) is 6.02. The van der Waals surface area contributed by atoms with E-state index in [0.717, 1.165) is 23.7 Å². The Morgan fingerprint density at radius 2 is 1.70 bits per heavy atom. The summed E-state index contributed by atoms with van der Waals surface area (Å²) in [6, 6.07) is 15.8. The molecule has 0 radical (unpaired) electrons.